The highest BCUT2D eigenvalue weighted by atomic mass is 32.2. The van der Waals surface area contributed by atoms with Crippen molar-refractivity contribution in [1.29, 1.82) is 0 Å². The zero-order valence-electron chi connectivity index (χ0n) is 68.0. The van der Waals surface area contributed by atoms with Crippen LogP contribution in [0, 0.1) is 29.1 Å². The molecule has 0 radical (unpaired) electrons. The zero-order chi connectivity index (χ0) is 75.4. The number of sulfone groups is 2. The fourth-order valence-corrected chi connectivity index (χ4v) is 8.58. The van der Waals surface area contributed by atoms with Crippen molar-refractivity contribution in [2.75, 3.05) is 0 Å². The first-order valence-corrected chi connectivity index (χ1v) is 39.1. The van der Waals surface area contributed by atoms with Crippen molar-refractivity contribution >= 4 is 19.7 Å². The third kappa shape index (κ3) is 85.9. The molecule has 2 aliphatic carbocycles. The smallest absolute Gasteiger partial charge is 0.162 e. The first-order chi connectivity index (χ1) is 43.0. The highest BCUT2D eigenvalue weighted by Gasteiger charge is 2.33. The van der Waals surface area contributed by atoms with E-state index >= 15 is 0 Å². The Hall–Kier alpha value is -4.04. The summed E-state index contributed by atoms with van der Waals surface area (Å²) in [4.78, 5) is 0. The molecule has 7 heteroatoms. The summed E-state index contributed by atoms with van der Waals surface area (Å²) in [6.07, 6.45) is 53.2. The molecule has 5 nitrogen and oxygen atoms in total. The lowest BCUT2D eigenvalue weighted by Gasteiger charge is -2.28. The van der Waals surface area contributed by atoms with Crippen LogP contribution in [-0.2, 0) is 24.4 Å². The number of allylic oxidation sites excluding steroid dienone is 18. The van der Waals surface area contributed by atoms with Gasteiger partial charge in [-0.15, -0.1) is 39.5 Å². The van der Waals surface area contributed by atoms with E-state index in [0.29, 0.717) is 17.6 Å². The molecule has 0 saturated heterocycles. The van der Waals surface area contributed by atoms with Crippen molar-refractivity contribution in [3.63, 3.8) is 0 Å². The van der Waals surface area contributed by atoms with Gasteiger partial charge in [0.25, 0.3) is 0 Å². The molecule has 0 bridgehead atoms. The number of ether oxygens (including phenoxy) is 1. The van der Waals surface area contributed by atoms with Crippen LogP contribution in [0.15, 0.2) is 182 Å². The Kier molecular flexibility index (Phi) is 89.4. The summed E-state index contributed by atoms with van der Waals surface area (Å²) in [5.74, 6) is 3.20. The van der Waals surface area contributed by atoms with E-state index in [1.54, 1.807) is 52.0 Å². The number of hydrogen-bond acceptors (Lipinski definition) is 5. The van der Waals surface area contributed by atoms with Gasteiger partial charge in [0, 0.05) is 0 Å². The third-order valence-corrected chi connectivity index (χ3v) is 19.6. The van der Waals surface area contributed by atoms with E-state index in [4.69, 9.17) is 4.74 Å². The average molecular weight is 1340 g/mol. The summed E-state index contributed by atoms with van der Waals surface area (Å²) in [5.41, 5.74) is 8.03. The van der Waals surface area contributed by atoms with Crippen LogP contribution in [0.2, 0.25) is 0 Å². The average Bonchev–Trinajstić information content (AvgIpc) is 2.04. The van der Waals surface area contributed by atoms with E-state index in [0.717, 1.165) is 75.0 Å². The molecule has 0 amide bonds. The molecule has 0 N–H and O–H groups in total. The maximum atomic E-state index is 11.0. The largest absolute Gasteiger partial charge is 0.367 e. The van der Waals surface area contributed by atoms with Crippen molar-refractivity contribution in [1.82, 2.24) is 0 Å². The minimum atomic E-state index is -2.81. The van der Waals surface area contributed by atoms with Gasteiger partial charge in [0.1, 0.15) is 0 Å². The van der Waals surface area contributed by atoms with Gasteiger partial charge in [-0.1, -0.05) is 267 Å². The summed E-state index contributed by atoms with van der Waals surface area (Å²) in [6, 6.07) is 0. The molecule has 10 atom stereocenters. The minimum Gasteiger partial charge on any atom is -0.367 e. The van der Waals surface area contributed by atoms with E-state index in [9.17, 15) is 16.8 Å². The summed E-state index contributed by atoms with van der Waals surface area (Å²) in [7, 11) is -5.63. The fourth-order valence-electron chi connectivity index (χ4n) is 5.99. The predicted molar refractivity (Wildman–Crippen MR) is 437 cm³/mol. The summed E-state index contributed by atoms with van der Waals surface area (Å²) in [6.45, 7) is 88.4. The molecule has 93 heavy (non-hydrogen) atoms. The van der Waals surface area contributed by atoms with Gasteiger partial charge >= 0.3 is 0 Å². The van der Waals surface area contributed by atoms with E-state index in [1.807, 2.05) is 69.2 Å². The molecule has 0 aromatic carbocycles. The van der Waals surface area contributed by atoms with Gasteiger partial charge in [0.2, 0.25) is 0 Å². The maximum Gasteiger partial charge on any atom is 0.162 e. The molecule has 10 unspecified atom stereocenters. The first kappa shape index (κ1) is 110. The standard InChI is InChI=1S/C9H16.C7H12.2C6H10O2S.C6H10O.2C6H12.8C5H10/c1-7-5-6-8(2)9(7,3)4;1-6-3-4-7(2)5-6;2*1-5-3-4-6(2)9(5,7)8;1-5-3-4-6(2)7-5;2*1-3-5-6-4-2;6*1-4-5(2)3;2*1-3-5-4-2/h5-8H,1-4H3;3-4,6-7H,5H2,1-2H3;2*3-6H,1-2H3;3-6H,1-2H3;2*5-6H,3-4H2,1-2H3;6*2,4H2,1,3H3;2*3,5H,4H2,1-2H3/b;;;;;2*6-5-;;;;;;;2*5-3-. The lowest BCUT2D eigenvalue weighted by Crippen LogP contribution is -2.21. The van der Waals surface area contributed by atoms with Crippen molar-refractivity contribution < 1.29 is 21.6 Å². The maximum absolute atomic E-state index is 11.0. The molecule has 0 aromatic rings. The molecule has 5 rings (SSSR count). The van der Waals surface area contributed by atoms with Crippen LogP contribution in [0.4, 0.5) is 0 Å². The lowest BCUT2D eigenvalue weighted by atomic mass is 9.76. The molecule has 0 spiro atoms. The second-order valence-electron chi connectivity index (χ2n) is 25.5. The molecule has 3 heterocycles. The van der Waals surface area contributed by atoms with Crippen molar-refractivity contribution in [3.05, 3.63) is 182 Å². The van der Waals surface area contributed by atoms with Crippen LogP contribution in [0.25, 0.3) is 0 Å². The number of hydrogen-bond donors (Lipinski definition) is 0. The Labute approximate surface area is 587 Å². The van der Waals surface area contributed by atoms with Crippen LogP contribution in [0.5, 0.6) is 0 Å². The molecule has 0 aromatic heterocycles. The lowest BCUT2D eigenvalue weighted by molar-refractivity contribution is 0.0830. The Morgan fingerprint density at radius 1 is 0.355 bits per heavy atom. The zero-order valence-corrected chi connectivity index (χ0v) is 69.6. The van der Waals surface area contributed by atoms with E-state index in [-0.39, 0.29) is 21.0 Å². The molecule has 3 aliphatic heterocycles. The van der Waals surface area contributed by atoms with Crippen LogP contribution < -0.4 is 0 Å². The second kappa shape index (κ2) is 75.3. The van der Waals surface area contributed by atoms with Gasteiger partial charge in [-0.25, -0.2) is 16.8 Å². The van der Waals surface area contributed by atoms with Gasteiger partial charge < -0.3 is 4.74 Å². The quantitative estimate of drug-likeness (QED) is 0.182. The number of rotatable bonds is 12. The Bertz CT molecular complexity index is 1990. The summed E-state index contributed by atoms with van der Waals surface area (Å²) in [5, 5.41) is -1.08. The Morgan fingerprint density at radius 3 is 0.591 bits per heavy atom. The van der Waals surface area contributed by atoms with Crippen LogP contribution in [0.1, 0.15) is 305 Å². The summed E-state index contributed by atoms with van der Waals surface area (Å²) >= 11 is 0. The summed E-state index contributed by atoms with van der Waals surface area (Å²) < 4.78 is 49.4. The van der Waals surface area contributed by atoms with Crippen molar-refractivity contribution in [3.8, 4) is 0 Å². The van der Waals surface area contributed by atoms with Gasteiger partial charge in [0.05, 0.1) is 33.2 Å². The highest BCUT2D eigenvalue weighted by molar-refractivity contribution is 7.93. The molecule has 0 fully saturated rings. The van der Waals surface area contributed by atoms with Gasteiger partial charge in [-0.3, -0.25) is 0 Å². The molecular formula is C86H162O5S2. The normalized spacial score (nSPS) is 22.3. The second-order valence-corrected chi connectivity index (χ2v) is 30.8. The monoisotopic (exact) mass is 1340 g/mol. The van der Waals surface area contributed by atoms with Gasteiger partial charge in [0.15, 0.2) is 19.7 Å². The molecule has 548 valence electrons. The Morgan fingerprint density at radius 2 is 0.538 bits per heavy atom. The van der Waals surface area contributed by atoms with Crippen LogP contribution in [0.3, 0.4) is 0 Å². The van der Waals surface area contributed by atoms with Crippen LogP contribution in [-0.4, -0.2) is 50.0 Å². The van der Waals surface area contributed by atoms with Gasteiger partial charge in [-0.2, -0.15) is 0 Å². The van der Waals surface area contributed by atoms with E-state index in [2.05, 4.69) is 249 Å². The van der Waals surface area contributed by atoms with Crippen molar-refractivity contribution in [2.24, 2.45) is 29.1 Å². The van der Waals surface area contributed by atoms with E-state index in [1.165, 1.54) is 65.5 Å². The third-order valence-electron chi connectivity index (χ3n) is 14.8. The van der Waals surface area contributed by atoms with E-state index < -0.39 is 19.7 Å². The Balaban J connectivity index is -0.0000000999. The molecule has 0 saturated carbocycles. The topological polar surface area (TPSA) is 77.5 Å². The van der Waals surface area contributed by atoms with Crippen LogP contribution >= 0.6 is 0 Å². The van der Waals surface area contributed by atoms with Crippen molar-refractivity contribution in [2.45, 2.75) is 338 Å². The SMILES string of the molecule is C/C=C\CC.C/C=C\CC.C=C(C)CC.C=C(C)CC.C=C(C)CC.C=C(C)CC.C=C(C)CC.C=C(C)CC.CC/C=C\CC.CC/C=C\CC.CC1C=CC(C)C1.CC1C=CC(C)C1(C)C.CC1C=CC(C)O1.CC1C=CC(C)S1(=O)=O.CC1C=CC(C)S1(=O)=O. The highest BCUT2D eigenvalue weighted by Crippen LogP contribution is 2.41. The predicted octanol–water partition coefficient (Wildman–Crippen LogP) is 28.4. The first-order valence-electron chi connectivity index (χ1n) is 35.9. The van der Waals surface area contributed by atoms with Gasteiger partial charge in [-0.05, 0) is 209 Å². The molecule has 5 aliphatic rings. The molecular weight excluding hydrogens is 1180 g/mol. The fraction of sp³-hybridized carbons (Fsp3) is 0.651. The minimum absolute atomic E-state index is 0.271.